The SMILES string of the molecule is Cc1ccc(NCC(=O)N2c3ccccc3NC(=O)CC2C)c(OCC(=O)N(C)C)c1. The van der Waals surface area contributed by atoms with Crippen molar-refractivity contribution in [1.82, 2.24) is 4.90 Å². The van der Waals surface area contributed by atoms with E-state index in [0.717, 1.165) is 5.56 Å². The number of carbonyl (C=O) groups is 3. The molecule has 8 heteroatoms. The summed E-state index contributed by atoms with van der Waals surface area (Å²) in [6, 6.07) is 12.5. The summed E-state index contributed by atoms with van der Waals surface area (Å²) in [7, 11) is 3.33. The molecule has 0 fully saturated rings. The van der Waals surface area contributed by atoms with E-state index in [4.69, 9.17) is 4.74 Å². The molecule has 2 aromatic carbocycles. The molecular weight excluding hydrogens is 396 g/mol. The Labute approximate surface area is 182 Å². The van der Waals surface area contributed by atoms with Crippen LogP contribution >= 0.6 is 0 Å². The number of hydrogen-bond donors (Lipinski definition) is 2. The molecule has 0 saturated heterocycles. The molecule has 8 nitrogen and oxygen atoms in total. The number of ether oxygens (including phenoxy) is 1. The predicted octanol–water partition coefficient (Wildman–Crippen LogP) is 2.64. The third kappa shape index (κ3) is 5.33. The van der Waals surface area contributed by atoms with Crippen LogP contribution in [0.4, 0.5) is 17.1 Å². The number of fused-ring (bicyclic) bond motifs is 1. The van der Waals surface area contributed by atoms with Gasteiger partial charge in [0.1, 0.15) is 5.75 Å². The van der Waals surface area contributed by atoms with Gasteiger partial charge in [-0.1, -0.05) is 18.2 Å². The Balaban J connectivity index is 1.76. The number of anilines is 3. The molecule has 3 rings (SSSR count). The highest BCUT2D eigenvalue weighted by molar-refractivity contribution is 6.05. The maximum absolute atomic E-state index is 13.2. The molecule has 3 amide bonds. The van der Waals surface area contributed by atoms with Crippen LogP contribution in [0.5, 0.6) is 5.75 Å². The second-order valence-electron chi connectivity index (χ2n) is 7.81. The van der Waals surface area contributed by atoms with Gasteiger partial charge >= 0.3 is 0 Å². The largest absolute Gasteiger partial charge is 0.482 e. The minimum Gasteiger partial charge on any atom is -0.482 e. The number of amides is 3. The van der Waals surface area contributed by atoms with E-state index in [2.05, 4.69) is 10.6 Å². The topological polar surface area (TPSA) is 91.0 Å². The molecular formula is C23H28N4O4. The van der Waals surface area contributed by atoms with Crippen LogP contribution < -0.4 is 20.3 Å². The van der Waals surface area contributed by atoms with Crippen LogP contribution in [0.25, 0.3) is 0 Å². The first-order valence-corrected chi connectivity index (χ1v) is 10.1. The van der Waals surface area contributed by atoms with E-state index in [-0.39, 0.29) is 43.3 Å². The van der Waals surface area contributed by atoms with Gasteiger partial charge in [-0.2, -0.15) is 0 Å². The highest BCUT2D eigenvalue weighted by atomic mass is 16.5. The molecule has 31 heavy (non-hydrogen) atoms. The van der Waals surface area contributed by atoms with Crippen molar-refractivity contribution in [2.45, 2.75) is 26.3 Å². The Hall–Kier alpha value is -3.55. The Bertz CT molecular complexity index is 989. The third-order valence-corrected chi connectivity index (χ3v) is 5.05. The zero-order valence-corrected chi connectivity index (χ0v) is 18.3. The quantitative estimate of drug-likeness (QED) is 0.744. The minimum atomic E-state index is -0.288. The monoisotopic (exact) mass is 424 g/mol. The normalized spacial score (nSPS) is 15.4. The highest BCUT2D eigenvalue weighted by Crippen LogP contribution is 2.32. The standard InChI is InChI=1S/C23H28N4O4/c1-15-9-10-18(20(11-15)31-14-23(30)26(3)4)24-13-22(29)27-16(2)12-21(28)25-17-7-5-6-8-19(17)27/h5-11,16,24H,12-14H2,1-4H3,(H,25,28). The van der Waals surface area contributed by atoms with E-state index in [1.54, 1.807) is 25.1 Å². The first kappa shape index (κ1) is 22.1. The number of hydrogen-bond acceptors (Lipinski definition) is 5. The number of para-hydroxylation sites is 2. The van der Waals surface area contributed by atoms with E-state index < -0.39 is 0 Å². The van der Waals surface area contributed by atoms with Gasteiger partial charge < -0.3 is 25.2 Å². The van der Waals surface area contributed by atoms with Gasteiger partial charge in [0, 0.05) is 26.6 Å². The number of nitrogens with zero attached hydrogens (tertiary/aromatic N) is 2. The van der Waals surface area contributed by atoms with Crippen LogP contribution in [0, 0.1) is 6.92 Å². The fraction of sp³-hybridized carbons (Fsp3) is 0.348. The van der Waals surface area contributed by atoms with Gasteiger partial charge in [0.2, 0.25) is 11.8 Å². The van der Waals surface area contributed by atoms with Crippen LogP contribution in [0.1, 0.15) is 18.9 Å². The van der Waals surface area contributed by atoms with Crippen LogP contribution in [0.15, 0.2) is 42.5 Å². The van der Waals surface area contributed by atoms with E-state index in [9.17, 15) is 14.4 Å². The number of carbonyl (C=O) groups excluding carboxylic acids is 3. The fourth-order valence-electron chi connectivity index (χ4n) is 3.39. The van der Waals surface area contributed by atoms with Crippen molar-refractivity contribution in [3.63, 3.8) is 0 Å². The summed E-state index contributed by atoms with van der Waals surface area (Å²) < 4.78 is 5.70. The first-order valence-electron chi connectivity index (χ1n) is 10.1. The molecule has 1 unspecified atom stereocenters. The van der Waals surface area contributed by atoms with Gasteiger partial charge in [0.15, 0.2) is 6.61 Å². The molecule has 1 aliphatic heterocycles. The fourth-order valence-corrected chi connectivity index (χ4v) is 3.39. The average Bonchev–Trinajstić information content (AvgIpc) is 2.85. The summed E-state index contributed by atoms with van der Waals surface area (Å²) in [4.78, 5) is 40.3. The van der Waals surface area contributed by atoms with Gasteiger partial charge in [-0.25, -0.2) is 0 Å². The van der Waals surface area contributed by atoms with Crippen LogP contribution in [-0.4, -0.2) is 55.9 Å². The molecule has 0 aliphatic carbocycles. The summed E-state index contributed by atoms with van der Waals surface area (Å²) in [5.74, 6) is 0.0511. The number of likely N-dealkylation sites (N-methyl/N-ethyl adjacent to an activating group) is 1. The number of nitrogens with one attached hydrogen (secondary N) is 2. The summed E-state index contributed by atoms with van der Waals surface area (Å²) in [5, 5.41) is 5.98. The van der Waals surface area contributed by atoms with Crippen molar-refractivity contribution in [3.05, 3.63) is 48.0 Å². The van der Waals surface area contributed by atoms with Crippen molar-refractivity contribution in [2.24, 2.45) is 0 Å². The lowest BCUT2D eigenvalue weighted by molar-refractivity contribution is -0.130. The molecule has 0 aromatic heterocycles. The second kappa shape index (κ2) is 9.51. The van der Waals surface area contributed by atoms with Crippen LogP contribution in [0.3, 0.4) is 0 Å². The Morgan fingerprint density at radius 2 is 1.97 bits per heavy atom. The zero-order valence-electron chi connectivity index (χ0n) is 18.3. The maximum atomic E-state index is 13.2. The average molecular weight is 425 g/mol. The molecule has 0 radical (unpaired) electrons. The van der Waals surface area contributed by atoms with Crippen LogP contribution in [0.2, 0.25) is 0 Å². The van der Waals surface area contributed by atoms with Crippen molar-refractivity contribution >= 4 is 34.8 Å². The first-order chi connectivity index (χ1) is 14.8. The lowest BCUT2D eigenvalue weighted by atomic mass is 10.1. The van der Waals surface area contributed by atoms with Crippen molar-refractivity contribution in [1.29, 1.82) is 0 Å². The molecule has 164 valence electrons. The molecule has 0 spiro atoms. The summed E-state index contributed by atoms with van der Waals surface area (Å²) >= 11 is 0. The van der Waals surface area contributed by atoms with E-state index in [1.807, 2.05) is 50.2 Å². The van der Waals surface area contributed by atoms with E-state index >= 15 is 0 Å². The van der Waals surface area contributed by atoms with Crippen LogP contribution in [-0.2, 0) is 14.4 Å². The Morgan fingerprint density at radius 1 is 1.23 bits per heavy atom. The Kier molecular flexibility index (Phi) is 6.79. The van der Waals surface area contributed by atoms with Gasteiger partial charge in [0.25, 0.3) is 5.91 Å². The number of aryl methyl sites for hydroxylation is 1. The predicted molar refractivity (Wildman–Crippen MR) is 120 cm³/mol. The molecule has 0 saturated carbocycles. The summed E-state index contributed by atoms with van der Waals surface area (Å²) in [5.41, 5.74) is 2.88. The van der Waals surface area contributed by atoms with Crippen molar-refractivity contribution < 1.29 is 19.1 Å². The molecule has 1 atom stereocenters. The lowest BCUT2D eigenvalue weighted by Crippen LogP contribution is -2.42. The van der Waals surface area contributed by atoms with Crippen molar-refractivity contribution in [3.8, 4) is 5.75 Å². The second-order valence-corrected chi connectivity index (χ2v) is 7.81. The molecule has 1 heterocycles. The van der Waals surface area contributed by atoms with E-state index in [1.165, 1.54) is 4.90 Å². The molecule has 1 aliphatic rings. The summed E-state index contributed by atoms with van der Waals surface area (Å²) in [6.07, 6.45) is 0.214. The maximum Gasteiger partial charge on any atom is 0.259 e. The number of benzene rings is 2. The van der Waals surface area contributed by atoms with Gasteiger partial charge in [-0.3, -0.25) is 14.4 Å². The summed E-state index contributed by atoms with van der Waals surface area (Å²) in [6.45, 7) is 3.69. The molecule has 2 aromatic rings. The highest BCUT2D eigenvalue weighted by Gasteiger charge is 2.29. The van der Waals surface area contributed by atoms with E-state index in [0.29, 0.717) is 22.8 Å². The Morgan fingerprint density at radius 3 is 2.71 bits per heavy atom. The zero-order chi connectivity index (χ0) is 22.5. The van der Waals surface area contributed by atoms with Gasteiger partial charge in [0.05, 0.1) is 23.6 Å². The van der Waals surface area contributed by atoms with Crippen molar-refractivity contribution in [2.75, 3.05) is 42.8 Å². The van der Waals surface area contributed by atoms with Gasteiger partial charge in [-0.15, -0.1) is 0 Å². The molecule has 2 N–H and O–H groups in total. The smallest absolute Gasteiger partial charge is 0.259 e. The minimum absolute atomic E-state index is 0.00785. The third-order valence-electron chi connectivity index (χ3n) is 5.05. The number of rotatable bonds is 6. The lowest BCUT2D eigenvalue weighted by Gasteiger charge is -2.28. The van der Waals surface area contributed by atoms with Gasteiger partial charge in [-0.05, 0) is 43.7 Å². The molecule has 0 bridgehead atoms.